The smallest absolute Gasteiger partial charge is 0.251 e. The molecule has 0 aromatic heterocycles. The van der Waals surface area contributed by atoms with Crippen LogP contribution in [0.2, 0.25) is 0 Å². The van der Waals surface area contributed by atoms with Crippen LogP contribution in [0.3, 0.4) is 0 Å². The summed E-state index contributed by atoms with van der Waals surface area (Å²) >= 11 is 0. The van der Waals surface area contributed by atoms with Gasteiger partial charge in [-0.2, -0.15) is 0 Å². The van der Waals surface area contributed by atoms with Gasteiger partial charge in [-0.15, -0.1) is 0 Å². The van der Waals surface area contributed by atoms with Crippen molar-refractivity contribution in [3.05, 3.63) is 59.4 Å². The highest BCUT2D eigenvalue weighted by molar-refractivity contribution is 7.89. The van der Waals surface area contributed by atoms with Crippen molar-refractivity contribution in [2.75, 3.05) is 19.4 Å². The fourth-order valence-corrected chi connectivity index (χ4v) is 3.88. The van der Waals surface area contributed by atoms with Crippen molar-refractivity contribution in [3.8, 4) is 0 Å². The van der Waals surface area contributed by atoms with Gasteiger partial charge in [-0.3, -0.25) is 9.59 Å². The summed E-state index contributed by atoms with van der Waals surface area (Å²) in [5.74, 6) is -1.71. The van der Waals surface area contributed by atoms with E-state index >= 15 is 0 Å². The third kappa shape index (κ3) is 5.43. The van der Waals surface area contributed by atoms with Crippen LogP contribution in [0, 0.1) is 18.7 Å². The molecule has 0 aliphatic carbocycles. The van der Waals surface area contributed by atoms with Crippen molar-refractivity contribution in [2.45, 2.75) is 31.7 Å². The number of aryl methyl sites for hydroxylation is 1. The first-order valence-electron chi connectivity index (χ1n) is 9.34. The standard InChI is InChI=1S/C21H26FN3O4S/c1-13(2)19(24-20(26)15-7-9-16(22)10-8-15)21(27)23-17-11-6-14(3)18(12-17)30(28,29)25(4)5/h6-13,19H,1-5H3,(H,23,27)(H,24,26). The minimum Gasteiger partial charge on any atom is -0.340 e. The van der Waals surface area contributed by atoms with Crippen LogP contribution in [0.4, 0.5) is 10.1 Å². The lowest BCUT2D eigenvalue weighted by molar-refractivity contribution is -0.118. The molecular weight excluding hydrogens is 409 g/mol. The Hall–Kier alpha value is -2.78. The van der Waals surface area contributed by atoms with Gasteiger partial charge in [0, 0.05) is 25.3 Å². The largest absolute Gasteiger partial charge is 0.340 e. The third-order valence-electron chi connectivity index (χ3n) is 4.56. The highest BCUT2D eigenvalue weighted by Gasteiger charge is 2.26. The van der Waals surface area contributed by atoms with Crippen LogP contribution >= 0.6 is 0 Å². The number of hydrogen-bond donors (Lipinski definition) is 2. The lowest BCUT2D eigenvalue weighted by Crippen LogP contribution is -2.47. The maximum atomic E-state index is 13.1. The van der Waals surface area contributed by atoms with Crippen LogP contribution in [0.1, 0.15) is 29.8 Å². The van der Waals surface area contributed by atoms with Gasteiger partial charge in [0.05, 0.1) is 4.90 Å². The van der Waals surface area contributed by atoms with E-state index in [1.54, 1.807) is 32.9 Å². The van der Waals surface area contributed by atoms with Gasteiger partial charge < -0.3 is 10.6 Å². The van der Waals surface area contributed by atoms with E-state index in [1.165, 1.54) is 44.4 Å². The molecule has 0 saturated carbocycles. The SMILES string of the molecule is Cc1ccc(NC(=O)C(NC(=O)c2ccc(F)cc2)C(C)C)cc1S(=O)(=O)N(C)C. The van der Waals surface area contributed by atoms with Gasteiger partial charge in [-0.05, 0) is 54.8 Å². The van der Waals surface area contributed by atoms with Crippen molar-refractivity contribution in [2.24, 2.45) is 5.92 Å². The van der Waals surface area contributed by atoms with E-state index in [0.717, 1.165) is 4.31 Å². The van der Waals surface area contributed by atoms with Gasteiger partial charge in [0.2, 0.25) is 15.9 Å². The lowest BCUT2D eigenvalue weighted by Gasteiger charge is -2.22. The molecule has 7 nitrogen and oxygen atoms in total. The third-order valence-corrected chi connectivity index (χ3v) is 6.51. The fourth-order valence-electron chi connectivity index (χ4n) is 2.73. The van der Waals surface area contributed by atoms with Gasteiger partial charge >= 0.3 is 0 Å². The minimum atomic E-state index is -3.68. The molecule has 0 heterocycles. The summed E-state index contributed by atoms with van der Waals surface area (Å²) in [4.78, 5) is 25.3. The molecule has 0 spiro atoms. The van der Waals surface area contributed by atoms with Crippen LogP contribution in [-0.2, 0) is 14.8 Å². The first-order valence-corrected chi connectivity index (χ1v) is 10.8. The molecule has 0 saturated heterocycles. The number of amides is 2. The zero-order chi connectivity index (χ0) is 22.6. The Kier molecular flexibility index (Phi) is 7.33. The molecule has 0 fully saturated rings. The van der Waals surface area contributed by atoms with Crippen LogP contribution in [0.15, 0.2) is 47.4 Å². The summed E-state index contributed by atoms with van der Waals surface area (Å²) in [5.41, 5.74) is 1.07. The minimum absolute atomic E-state index is 0.0849. The predicted octanol–water partition coefficient (Wildman–Crippen LogP) is 2.78. The molecular formula is C21H26FN3O4S. The molecule has 9 heteroatoms. The maximum absolute atomic E-state index is 13.1. The van der Waals surface area contributed by atoms with Crippen LogP contribution in [0.25, 0.3) is 0 Å². The lowest BCUT2D eigenvalue weighted by atomic mass is 10.0. The van der Waals surface area contributed by atoms with Crippen molar-refractivity contribution < 1.29 is 22.4 Å². The molecule has 2 N–H and O–H groups in total. The molecule has 162 valence electrons. The van der Waals surface area contributed by atoms with E-state index in [-0.39, 0.29) is 16.4 Å². The van der Waals surface area contributed by atoms with E-state index in [4.69, 9.17) is 0 Å². The maximum Gasteiger partial charge on any atom is 0.251 e. The number of nitrogens with one attached hydrogen (secondary N) is 2. The number of nitrogens with zero attached hydrogens (tertiary/aromatic N) is 1. The van der Waals surface area contributed by atoms with Crippen LogP contribution in [-0.4, -0.2) is 44.7 Å². The van der Waals surface area contributed by atoms with E-state index < -0.39 is 33.7 Å². The Labute approximate surface area is 176 Å². The molecule has 2 aromatic rings. The first-order chi connectivity index (χ1) is 13.9. The average molecular weight is 436 g/mol. The summed E-state index contributed by atoms with van der Waals surface area (Å²) < 4.78 is 39.1. The molecule has 2 rings (SSSR count). The van der Waals surface area contributed by atoms with Crippen LogP contribution < -0.4 is 10.6 Å². The zero-order valence-electron chi connectivity index (χ0n) is 17.6. The highest BCUT2D eigenvalue weighted by Crippen LogP contribution is 2.23. The zero-order valence-corrected chi connectivity index (χ0v) is 18.4. The monoisotopic (exact) mass is 435 g/mol. The molecule has 0 bridgehead atoms. The number of hydrogen-bond acceptors (Lipinski definition) is 4. The van der Waals surface area contributed by atoms with E-state index in [0.29, 0.717) is 11.3 Å². The van der Waals surface area contributed by atoms with E-state index in [2.05, 4.69) is 10.6 Å². The second kappa shape index (κ2) is 9.36. The Morgan fingerprint density at radius 2 is 1.63 bits per heavy atom. The Morgan fingerprint density at radius 1 is 1.03 bits per heavy atom. The Balaban J connectivity index is 2.23. The van der Waals surface area contributed by atoms with Crippen LogP contribution in [0.5, 0.6) is 0 Å². The normalized spacial score (nSPS) is 12.7. The molecule has 1 unspecified atom stereocenters. The van der Waals surface area contributed by atoms with Gasteiger partial charge in [-0.25, -0.2) is 17.1 Å². The van der Waals surface area contributed by atoms with Crippen molar-refractivity contribution in [3.63, 3.8) is 0 Å². The highest BCUT2D eigenvalue weighted by atomic mass is 32.2. The first kappa shape index (κ1) is 23.5. The Bertz CT molecular complexity index is 1030. The summed E-state index contributed by atoms with van der Waals surface area (Å²) in [6.07, 6.45) is 0. The van der Waals surface area contributed by atoms with Crippen molar-refractivity contribution in [1.29, 1.82) is 0 Å². The van der Waals surface area contributed by atoms with E-state index in [1.807, 2.05) is 0 Å². The molecule has 2 aromatic carbocycles. The van der Waals surface area contributed by atoms with Gasteiger partial charge in [0.15, 0.2) is 0 Å². The summed E-state index contributed by atoms with van der Waals surface area (Å²) in [7, 11) is -0.819. The topological polar surface area (TPSA) is 95.6 Å². The van der Waals surface area contributed by atoms with Gasteiger partial charge in [-0.1, -0.05) is 19.9 Å². The summed E-state index contributed by atoms with van der Waals surface area (Å²) in [6.45, 7) is 5.21. The quantitative estimate of drug-likeness (QED) is 0.699. The average Bonchev–Trinajstić information content (AvgIpc) is 2.67. The van der Waals surface area contributed by atoms with Crippen molar-refractivity contribution >= 4 is 27.5 Å². The molecule has 0 aliphatic heterocycles. The summed E-state index contributed by atoms with van der Waals surface area (Å²) in [6, 6.07) is 8.71. The van der Waals surface area contributed by atoms with Crippen molar-refractivity contribution in [1.82, 2.24) is 9.62 Å². The second-order valence-electron chi connectivity index (χ2n) is 7.46. The predicted molar refractivity (Wildman–Crippen MR) is 113 cm³/mol. The number of sulfonamides is 1. The molecule has 1 atom stereocenters. The Morgan fingerprint density at radius 3 is 2.17 bits per heavy atom. The number of rotatable bonds is 7. The fraction of sp³-hybridized carbons (Fsp3) is 0.333. The van der Waals surface area contributed by atoms with E-state index in [9.17, 15) is 22.4 Å². The molecule has 0 radical (unpaired) electrons. The van der Waals surface area contributed by atoms with Gasteiger partial charge in [0.1, 0.15) is 11.9 Å². The number of carbonyl (C=O) groups is 2. The number of halogens is 1. The number of benzene rings is 2. The molecule has 30 heavy (non-hydrogen) atoms. The molecule has 2 amide bonds. The summed E-state index contributed by atoms with van der Waals surface area (Å²) in [5, 5.41) is 5.32. The van der Waals surface area contributed by atoms with Gasteiger partial charge in [0.25, 0.3) is 5.91 Å². The number of anilines is 1. The second-order valence-corrected chi connectivity index (χ2v) is 9.58. The number of carbonyl (C=O) groups excluding carboxylic acids is 2. The molecule has 0 aliphatic rings.